The van der Waals surface area contributed by atoms with Crippen LogP contribution in [-0.2, 0) is 22.8 Å². The third kappa shape index (κ3) is 4.91. The second-order valence-corrected chi connectivity index (χ2v) is 7.69. The van der Waals surface area contributed by atoms with Crippen molar-refractivity contribution in [2.75, 3.05) is 12.8 Å². The molecule has 2 unspecified atom stereocenters. The van der Waals surface area contributed by atoms with Gasteiger partial charge in [0.2, 0.25) is 0 Å². The summed E-state index contributed by atoms with van der Waals surface area (Å²) in [6, 6.07) is 8.72. The summed E-state index contributed by atoms with van der Waals surface area (Å²) < 4.78 is 11.2. The van der Waals surface area contributed by atoms with Gasteiger partial charge in [0.25, 0.3) is 0 Å². The first-order chi connectivity index (χ1) is 8.30. The molecule has 2 nitrogen and oxygen atoms in total. The van der Waals surface area contributed by atoms with E-state index >= 15 is 0 Å². The first kappa shape index (κ1) is 15.4. The van der Waals surface area contributed by atoms with Crippen LogP contribution in [0.2, 0.25) is 0 Å². The summed E-state index contributed by atoms with van der Waals surface area (Å²) >= 11 is 0. The van der Waals surface area contributed by atoms with Gasteiger partial charge in [0, 0.05) is 35.4 Å². The third-order valence-electron chi connectivity index (χ3n) is 3.15. The Labute approximate surface area is 114 Å². The largest absolute Gasteiger partial charge is 0.311 e. The zero-order valence-corrected chi connectivity index (χ0v) is 12.9. The van der Waals surface area contributed by atoms with E-state index in [-0.39, 0.29) is 10.7 Å². The van der Waals surface area contributed by atoms with E-state index in [4.69, 9.17) is 0 Å². The number of nitrogens with one attached hydrogen (secondary N) is 1. The van der Waals surface area contributed by atoms with Gasteiger partial charge in [-0.2, -0.15) is 0 Å². The third-order valence-corrected chi connectivity index (χ3v) is 4.45. The Balaban J connectivity index is 2.47. The first-order valence-electron chi connectivity index (χ1n) is 6.43. The van der Waals surface area contributed by atoms with Gasteiger partial charge in [0.1, 0.15) is 0 Å². The summed E-state index contributed by atoms with van der Waals surface area (Å²) in [5.74, 6) is 0. The molecular weight excluding hydrogens is 242 g/mol. The zero-order chi connectivity index (χ0) is 13.8. The molecular formula is C15H25NOS. The zero-order valence-electron chi connectivity index (χ0n) is 12.1. The lowest BCUT2D eigenvalue weighted by molar-refractivity contribution is 0.589. The van der Waals surface area contributed by atoms with E-state index in [1.54, 1.807) is 6.26 Å². The Morgan fingerprint density at radius 3 is 2.22 bits per heavy atom. The molecule has 3 heteroatoms. The molecule has 1 N–H and O–H groups in total. The van der Waals surface area contributed by atoms with Gasteiger partial charge < -0.3 is 5.32 Å². The van der Waals surface area contributed by atoms with Gasteiger partial charge in [0.15, 0.2) is 0 Å². The molecule has 0 aliphatic carbocycles. The summed E-state index contributed by atoms with van der Waals surface area (Å²) in [4.78, 5) is 0. The highest BCUT2D eigenvalue weighted by Crippen LogP contribution is 2.22. The molecule has 102 valence electrons. The Morgan fingerprint density at radius 1 is 1.22 bits per heavy atom. The van der Waals surface area contributed by atoms with Crippen molar-refractivity contribution in [3.05, 3.63) is 35.4 Å². The topological polar surface area (TPSA) is 29.1 Å². The molecule has 1 aromatic carbocycles. The minimum absolute atomic E-state index is 0.207. The molecule has 0 aromatic heterocycles. The summed E-state index contributed by atoms with van der Waals surface area (Å²) in [7, 11) is -0.746. The van der Waals surface area contributed by atoms with Crippen LogP contribution in [0, 0.1) is 0 Å². The fourth-order valence-corrected chi connectivity index (χ4v) is 2.01. The molecule has 0 radical (unpaired) electrons. The summed E-state index contributed by atoms with van der Waals surface area (Å²) in [6.07, 6.45) is 1.75. The Kier molecular flexibility index (Phi) is 5.54. The molecule has 0 fully saturated rings. The van der Waals surface area contributed by atoms with Gasteiger partial charge >= 0.3 is 0 Å². The average molecular weight is 267 g/mol. The molecule has 0 saturated heterocycles. The molecule has 0 heterocycles. The van der Waals surface area contributed by atoms with E-state index in [1.807, 2.05) is 6.92 Å². The van der Waals surface area contributed by atoms with Crippen LogP contribution in [0.5, 0.6) is 0 Å². The molecule has 0 amide bonds. The van der Waals surface area contributed by atoms with Crippen molar-refractivity contribution in [3.63, 3.8) is 0 Å². The van der Waals surface area contributed by atoms with Crippen molar-refractivity contribution >= 4 is 10.8 Å². The van der Waals surface area contributed by atoms with Crippen LogP contribution in [0.4, 0.5) is 0 Å². The van der Waals surface area contributed by atoms with E-state index in [2.05, 4.69) is 50.4 Å². The van der Waals surface area contributed by atoms with Crippen LogP contribution in [0.15, 0.2) is 24.3 Å². The normalized spacial score (nSPS) is 15.4. The number of benzene rings is 1. The van der Waals surface area contributed by atoms with E-state index in [0.29, 0.717) is 0 Å². The van der Waals surface area contributed by atoms with Crippen LogP contribution in [0.25, 0.3) is 0 Å². The SMILES string of the molecule is CC(CNCc1ccc(C(C)(C)C)cc1)S(C)=O. The monoisotopic (exact) mass is 267 g/mol. The van der Waals surface area contributed by atoms with Crippen LogP contribution in [0.3, 0.4) is 0 Å². The van der Waals surface area contributed by atoms with E-state index in [0.717, 1.165) is 13.1 Å². The number of hydrogen-bond acceptors (Lipinski definition) is 2. The van der Waals surface area contributed by atoms with E-state index < -0.39 is 10.8 Å². The average Bonchev–Trinajstić information content (AvgIpc) is 2.28. The summed E-state index contributed by atoms with van der Waals surface area (Å²) in [5, 5.41) is 3.56. The van der Waals surface area contributed by atoms with E-state index in [9.17, 15) is 4.21 Å². The minimum atomic E-state index is -0.746. The van der Waals surface area contributed by atoms with Gasteiger partial charge in [-0.05, 0) is 23.5 Å². The van der Waals surface area contributed by atoms with Gasteiger partial charge in [-0.15, -0.1) is 0 Å². The molecule has 2 atom stereocenters. The molecule has 18 heavy (non-hydrogen) atoms. The summed E-state index contributed by atoms with van der Waals surface area (Å²) in [5.41, 5.74) is 2.84. The van der Waals surface area contributed by atoms with Gasteiger partial charge in [0.05, 0.1) is 0 Å². The maximum absolute atomic E-state index is 11.2. The second kappa shape index (κ2) is 6.48. The Morgan fingerprint density at radius 2 is 1.78 bits per heavy atom. The highest BCUT2D eigenvalue weighted by Gasteiger charge is 2.12. The minimum Gasteiger partial charge on any atom is -0.311 e. The fraction of sp³-hybridized carbons (Fsp3) is 0.600. The number of hydrogen-bond donors (Lipinski definition) is 1. The fourth-order valence-electron chi connectivity index (χ4n) is 1.66. The predicted octanol–water partition coefficient (Wildman–Crippen LogP) is 2.84. The highest BCUT2D eigenvalue weighted by molar-refractivity contribution is 7.84. The Bertz CT molecular complexity index is 392. The van der Waals surface area contributed by atoms with Crippen molar-refractivity contribution in [2.45, 2.75) is 44.9 Å². The van der Waals surface area contributed by atoms with Crippen molar-refractivity contribution in [3.8, 4) is 0 Å². The molecule has 0 aliphatic rings. The predicted molar refractivity (Wildman–Crippen MR) is 80.4 cm³/mol. The molecule has 0 saturated carbocycles. The van der Waals surface area contributed by atoms with Gasteiger partial charge in [-0.25, -0.2) is 0 Å². The van der Waals surface area contributed by atoms with Gasteiger partial charge in [-0.1, -0.05) is 45.0 Å². The first-order valence-corrected chi connectivity index (χ1v) is 8.05. The molecule has 0 aliphatic heterocycles. The lowest BCUT2D eigenvalue weighted by atomic mass is 9.87. The van der Waals surface area contributed by atoms with Crippen molar-refractivity contribution in [1.29, 1.82) is 0 Å². The van der Waals surface area contributed by atoms with Crippen molar-refractivity contribution in [1.82, 2.24) is 5.32 Å². The van der Waals surface area contributed by atoms with Crippen LogP contribution in [0.1, 0.15) is 38.8 Å². The maximum atomic E-state index is 11.2. The summed E-state index contributed by atoms with van der Waals surface area (Å²) in [6.45, 7) is 10.3. The second-order valence-electron chi connectivity index (χ2n) is 5.89. The van der Waals surface area contributed by atoms with Crippen molar-refractivity contribution in [2.24, 2.45) is 0 Å². The molecule has 1 aromatic rings. The lowest BCUT2D eigenvalue weighted by Gasteiger charge is -2.19. The molecule has 1 rings (SSSR count). The lowest BCUT2D eigenvalue weighted by Crippen LogP contribution is -2.27. The molecule has 0 bridgehead atoms. The Hall–Kier alpha value is -0.670. The quantitative estimate of drug-likeness (QED) is 0.889. The van der Waals surface area contributed by atoms with Crippen LogP contribution >= 0.6 is 0 Å². The van der Waals surface area contributed by atoms with Gasteiger partial charge in [-0.3, -0.25) is 4.21 Å². The number of rotatable bonds is 5. The standard InChI is InChI=1S/C15H25NOS/c1-12(18(5)17)10-16-11-13-6-8-14(9-7-13)15(2,3)4/h6-9,12,16H,10-11H2,1-5H3. The maximum Gasteiger partial charge on any atom is 0.0441 e. The molecule has 0 spiro atoms. The van der Waals surface area contributed by atoms with Crippen LogP contribution in [-0.4, -0.2) is 22.3 Å². The smallest absolute Gasteiger partial charge is 0.0441 e. The van der Waals surface area contributed by atoms with Crippen molar-refractivity contribution < 1.29 is 4.21 Å². The van der Waals surface area contributed by atoms with Crippen LogP contribution < -0.4 is 5.32 Å². The highest BCUT2D eigenvalue weighted by atomic mass is 32.2. The van der Waals surface area contributed by atoms with E-state index in [1.165, 1.54) is 11.1 Å².